The molecule has 1 amide bonds. The molecule has 3 rings (SSSR count). The Morgan fingerprint density at radius 2 is 1.85 bits per heavy atom. The van der Waals surface area contributed by atoms with Crippen LogP contribution < -0.4 is 15.0 Å². The first-order chi connectivity index (χ1) is 12.4. The molecule has 7 heteroatoms. The van der Waals surface area contributed by atoms with E-state index >= 15 is 0 Å². The summed E-state index contributed by atoms with van der Waals surface area (Å²) in [5.74, 6) is -0.366. The van der Waals surface area contributed by atoms with E-state index in [9.17, 15) is 18.0 Å². The van der Waals surface area contributed by atoms with Crippen molar-refractivity contribution in [1.82, 2.24) is 5.32 Å². The first-order valence-electron chi connectivity index (χ1n) is 8.37. The molecule has 0 aliphatic carbocycles. The van der Waals surface area contributed by atoms with Crippen LogP contribution in [0.2, 0.25) is 0 Å². The van der Waals surface area contributed by atoms with E-state index in [0.717, 1.165) is 24.1 Å². The summed E-state index contributed by atoms with van der Waals surface area (Å²) in [6.45, 7) is 0.785. The fourth-order valence-electron chi connectivity index (χ4n) is 3.07. The van der Waals surface area contributed by atoms with Crippen LogP contribution in [-0.2, 0) is 17.8 Å². The molecule has 4 nitrogen and oxygen atoms in total. The normalized spacial score (nSPS) is 14.0. The predicted octanol–water partition coefficient (Wildman–Crippen LogP) is 3.65. The lowest BCUT2D eigenvalue weighted by atomic mass is 10.0. The summed E-state index contributed by atoms with van der Waals surface area (Å²) in [5, 5.41) is 2.92. The van der Waals surface area contributed by atoms with Gasteiger partial charge in [-0.15, -0.1) is 13.2 Å². The molecule has 26 heavy (non-hydrogen) atoms. The van der Waals surface area contributed by atoms with Crippen LogP contribution in [0.15, 0.2) is 48.5 Å². The molecule has 0 fully saturated rings. The van der Waals surface area contributed by atoms with E-state index in [1.165, 1.54) is 18.2 Å². The first-order valence-corrected chi connectivity index (χ1v) is 8.37. The largest absolute Gasteiger partial charge is 0.573 e. The van der Waals surface area contributed by atoms with Gasteiger partial charge in [0.05, 0.1) is 6.54 Å². The third-order valence-corrected chi connectivity index (χ3v) is 4.20. The topological polar surface area (TPSA) is 41.6 Å². The zero-order chi connectivity index (χ0) is 18.6. The molecule has 2 aromatic carbocycles. The van der Waals surface area contributed by atoms with Crippen molar-refractivity contribution >= 4 is 11.6 Å². The summed E-state index contributed by atoms with van der Waals surface area (Å²) in [6, 6.07) is 13.7. The number of rotatable bonds is 5. The fraction of sp³-hybridized carbons (Fsp3) is 0.316. The van der Waals surface area contributed by atoms with Crippen LogP contribution in [0.25, 0.3) is 0 Å². The van der Waals surface area contributed by atoms with Gasteiger partial charge in [-0.05, 0) is 30.5 Å². The van der Waals surface area contributed by atoms with Gasteiger partial charge in [-0.1, -0.05) is 36.4 Å². The minimum atomic E-state index is -4.75. The molecule has 1 aliphatic heterocycles. The number of anilines is 1. The number of fused-ring (bicyclic) bond motifs is 1. The molecule has 1 heterocycles. The van der Waals surface area contributed by atoms with Crippen LogP contribution in [-0.4, -0.2) is 25.4 Å². The Bertz CT molecular complexity index is 777. The number of alkyl halides is 3. The smallest absolute Gasteiger partial charge is 0.405 e. The van der Waals surface area contributed by atoms with Gasteiger partial charge in [0.25, 0.3) is 0 Å². The zero-order valence-electron chi connectivity index (χ0n) is 14.1. The molecule has 1 N–H and O–H groups in total. The predicted molar refractivity (Wildman–Crippen MR) is 91.9 cm³/mol. The number of nitrogens with zero attached hydrogens (tertiary/aromatic N) is 1. The standard InChI is InChI=1S/C19H19F3N2O2/c20-19(21,22)26-17-10-4-2-7-15(17)12-23-13-18(25)24-11-5-8-14-6-1-3-9-16(14)24/h1-4,6-7,9-10,23H,5,8,11-13H2. The van der Waals surface area contributed by atoms with Crippen LogP contribution in [0.1, 0.15) is 17.5 Å². The lowest BCUT2D eigenvalue weighted by Gasteiger charge is -2.29. The van der Waals surface area contributed by atoms with Crippen LogP contribution in [0.4, 0.5) is 18.9 Å². The van der Waals surface area contributed by atoms with Gasteiger partial charge in [0.2, 0.25) is 5.91 Å². The number of amides is 1. The molecule has 0 radical (unpaired) electrons. The highest BCUT2D eigenvalue weighted by molar-refractivity contribution is 5.95. The van der Waals surface area contributed by atoms with E-state index in [-0.39, 0.29) is 24.7 Å². The minimum absolute atomic E-state index is 0.0364. The van der Waals surface area contributed by atoms with Crippen molar-refractivity contribution in [3.63, 3.8) is 0 Å². The van der Waals surface area contributed by atoms with E-state index in [0.29, 0.717) is 12.1 Å². The van der Waals surface area contributed by atoms with Crippen LogP contribution in [0, 0.1) is 0 Å². The second kappa shape index (κ2) is 7.78. The van der Waals surface area contributed by atoms with Gasteiger partial charge < -0.3 is 15.0 Å². The van der Waals surface area contributed by atoms with Gasteiger partial charge in [0, 0.05) is 24.3 Å². The summed E-state index contributed by atoms with van der Waals surface area (Å²) in [5.41, 5.74) is 2.39. The number of nitrogens with one attached hydrogen (secondary N) is 1. The van der Waals surface area contributed by atoms with Crippen molar-refractivity contribution in [1.29, 1.82) is 0 Å². The highest BCUT2D eigenvalue weighted by atomic mass is 19.4. The Morgan fingerprint density at radius 3 is 2.65 bits per heavy atom. The average Bonchev–Trinajstić information content (AvgIpc) is 2.61. The number of hydrogen-bond acceptors (Lipinski definition) is 3. The minimum Gasteiger partial charge on any atom is -0.405 e. The van der Waals surface area contributed by atoms with Crippen LogP contribution in [0.3, 0.4) is 0 Å². The number of hydrogen-bond donors (Lipinski definition) is 1. The van der Waals surface area contributed by atoms with Crippen LogP contribution in [0.5, 0.6) is 5.75 Å². The molecule has 0 saturated heterocycles. The Hall–Kier alpha value is -2.54. The molecule has 0 aromatic heterocycles. The Balaban J connectivity index is 1.60. The summed E-state index contributed by atoms with van der Waals surface area (Å²) >= 11 is 0. The Kier molecular flexibility index (Phi) is 5.46. The molecule has 1 aliphatic rings. The molecular formula is C19H19F3N2O2. The zero-order valence-corrected chi connectivity index (χ0v) is 14.1. The molecule has 0 spiro atoms. The van der Waals surface area contributed by atoms with Gasteiger partial charge in [-0.3, -0.25) is 4.79 Å². The summed E-state index contributed by atoms with van der Waals surface area (Å²) in [7, 11) is 0. The molecule has 0 bridgehead atoms. The second-order valence-corrected chi connectivity index (χ2v) is 6.04. The number of carbonyl (C=O) groups excluding carboxylic acids is 1. The van der Waals surface area contributed by atoms with Crippen molar-refractivity contribution in [3.05, 3.63) is 59.7 Å². The van der Waals surface area contributed by atoms with Crippen molar-refractivity contribution in [2.75, 3.05) is 18.0 Å². The van der Waals surface area contributed by atoms with E-state index in [2.05, 4.69) is 10.1 Å². The third kappa shape index (κ3) is 4.54. The van der Waals surface area contributed by atoms with E-state index in [1.54, 1.807) is 11.0 Å². The highest BCUT2D eigenvalue weighted by Crippen LogP contribution is 2.27. The Labute approximate surface area is 149 Å². The van der Waals surface area contributed by atoms with Crippen molar-refractivity contribution in [3.8, 4) is 5.75 Å². The van der Waals surface area contributed by atoms with Gasteiger partial charge in [-0.2, -0.15) is 0 Å². The van der Waals surface area contributed by atoms with Gasteiger partial charge in [-0.25, -0.2) is 0 Å². The molecule has 2 aromatic rings. The van der Waals surface area contributed by atoms with Gasteiger partial charge in [0.1, 0.15) is 5.75 Å². The number of carbonyl (C=O) groups is 1. The van der Waals surface area contributed by atoms with E-state index < -0.39 is 6.36 Å². The summed E-state index contributed by atoms with van der Waals surface area (Å²) in [4.78, 5) is 14.2. The molecule has 0 saturated carbocycles. The third-order valence-electron chi connectivity index (χ3n) is 4.20. The monoisotopic (exact) mass is 364 g/mol. The van der Waals surface area contributed by atoms with Crippen molar-refractivity contribution in [2.24, 2.45) is 0 Å². The van der Waals surface area contributed by atoms with Gasteiger partial charge >= 0.3 is 6.36 Å². The van der Waals surface area contributed by atoms with Gasteiger partial charge in [0.15, 0.2) is 0 Å². The number of aryl methyl sites for hydroxylation is 1. The number of halogens is 3. The Morgan fingerprint density at radius 1 is 1.12 bits per heavy atom. The highest BCUT2D eigenvalue weighted by Gasteiger charge is 2.32. The number of ether oxygens (including phenoxy) is 1. The molecule has 138 valence electrons. The molecular weight excluding hydrogens is 345 g/mol. The van der Waals surface area contributed by atoms with Crippen LogP contribution >= 0.6 is 0 Å². The average molecular weight is 364 g/mol. The quantitative estimate of drug-likeness (QED) is 0.881. The maximum atomic E-state index is 12.5. The summed E-state index contributed by atoms with van der Waals surface area (Å²) in [6.07, 6.45) is -2.91. The fourth-order valence-corrected chi connectivity index (χ4v) is 3.07. The van der Waals surface area contributed by atoms with Crippen molar-refractivity contribution in [2.45, 2.75) is 25.7 Å². The SMILES string of the molecule is O=C(CNCc1ccccc1OC(F)(F)F)N1CCCc2ccccc21. The van der Waals surface area contributed by atoms with E-state index in [4.69, 9.17) is 0 Å². The second-order valence-electron chi connectivity index (χ2n) is 6.04. The number of benzene rings is 2. The molecule has 0 unspecified atom stereocenters. The lowest BCUT2D eigenvalue weighted by molar-refractivity contribution is -0.274. The van der Waals surface area contributed by atoms with Crippen molar-refractivity contribution < 1.29 is 22.7 Å². The van der Waals surface area contributed by atoms with E-state index in [1.807, 2.05) is 24.3 Å². The molecule has 0 atom stereocenters. The number of para-hydroxylation sites is 2. The lowest BCUT2D eigenvalue weighted by Crippen LogP contribution is -2.41. The maximum Gasteiger partial charge on any atom is 0.573 e. The summed E-state index contributed by atoms with van der Waals surface area (Å²) < 4.78 is 41.4. The first kappa shape index (κ1) is 18.3. The maximum absolute atomic E-state index is 12.5.